The minimum Gasteiger partial charge on any atom is -0.352 e. The number of nitrogens with one attached hydrogen (secondary N) is 1. The third-order valence-electron chi connectivity index (χ3n) is 4.56. The van der Waals surface area contributed by atoms with Gasteiger partial charge in [-0.05, 0) is 42.3 Å². The van der Waals surface area contributed by atoms with Crippen LogP contribution in [-0.4, -0.2) is 31.7 Å². The second kappa shape index (κ2) is 7.68. The number of hydrogen-bond acceptors (Lipinski definition) is 4. The van der Waals surface area contributed by atoms with Gasteiger partial charge in [0.15, 0.2) is 0 Å². The lowest BCUT2D eigenvalue weighted by Gasteiger charge is -2.30. The Morgan fingerprint density at radius 2 is 2.08 bits per heavy atom. The van der Waals surface area contributed by atoms with Crippen LogP contribution in [0.2, 0.25) is 0 Å². The first kappa shape index (κ1) is 18.1. The molecule has 1 amide bonds. The smallest absolute Gasteiger partial charge is 0.252 e. The molecule has 2 aromatic rings. The van der Waals surface area contributed by atoms with Gasteiger partial charge >= 0.3 is 0 Å². The first-order valence-corrected chi connectivity index (χ1v) is 10.7. The molecule has 7 heteroatoms. The number of aryl methyl sites for hydroxylation is 1. The summed E-state index contributed by atoms with van der Waals surface area (Å²) in [5.74, 6) is -0.373. The van der Waals surface area contributed by atoms with Gasteiger partial charge in [0.1, 0.15) is 4.21 Å². The van der Waals surface area contributed by atoms with Gasteiger partial charge in [0.25, 0.3) is 10.0 Å². The van der Waals surface area contributed by atoms with E-state index in [9.17, 15) is 13.2 Å². The average Bonchev–Trinajstić information content (AvgIpc) is 3.16. The minimum absolute atomic E-state index is 0.0747. The highest BCUT2D eigenvalue weighted by atomic mass is 32.2. The van der Waals surface area contributed by atoms with E-state index in [-0.39, 0.29) is 18.4 Å². The molecule has 2 heterocycles. The molecule has 1 aliphatic heterocycles. The van der Waals surface area contributed by atoms with E-state index in [0.29, 0.717) is 23.7 Å². The van der Waals surface area contributed by atoms with Gasteiger partial charge in [-0.15, -0.1) is 11.3 Å². The molecule has 0 aliphatic carbocycles. The maximum absolute atomic E-state index is 12.6. The SMILES string of the molecule is Cc1ccccc1CNC(=O)[C@@H]1CCCN(S(=O)(=O)c2cccs2)C1. The summed E-state index contributed by atoms with van der Waals surface area (Å²) in [5, 5.41) is 4.71. The van der Waals surface area contributed by atoms with Crippen LogP contribution in [0.15, 0.2) is 46.0 Å². The second-order valence-corrected chi connectivity index (χ2v) is 9.39. The summed E-state index contributed by atoms with van der Waals surface area (Å²) in [4.78, 5) is 12.5. The predicted molar refractivity (Wildman–Crippen MR) is 98.8 cm³/mol. The first-order chi connectivity index (χ1) is 12.0. The number of rotatable bonds is 5. The second-order valence-electron chi connectivity index (χ2n) is 6.28. The van der Waals surface area contributed by atoms with Crippen LogP contribution in [0.25, 0.3) is 0 Å². The molecule has 0 bridgehead atoms. The van der Waals surface area contributed by atoms with Crippen LogP contribution in [0.3, 0.4) is 0 Å². The van der Waals surface area contributed by atoms with Crippen LogP contribution >= 0.6 is 11.3 Å². The summed E-state index contributed by atoms with van der Waals surface area (Å²) in [6, 6.07) is 11.3. The fraction of sp³-hybridized carbons (Fsp3) is 0.389. The summed E-state index contributed by atoms with van der Waals surface area (Å²) < 4.78 is 27.1. The van der Waals surface area contributed by atoms with Crippen LogP contribution in [0.5, 0.6) is 0 Å². The topological polar surface area (TPSA) is 66.5 Å². The van der Waals surface area contributed by atoms with Crippen LogP contribution < -0.4 is 5.32 Å². The molecule has 0 saturated carbocycles. The van der Waals surface area contributed by atoms with E-state index in [1.165, 1.54) is 15.6 Å². The Morgan fingerprint density at radius 3 is 2.80 bits per heavy atom. The Kier molecular flexibility index (Phi) is 5.56. The zero-order valence-electron chi connectivity index (χ0n) is 14.1. The molecule has 3 rings (SSSR count). The number of benzene rings is 1. The third-order valence-corrected chi connectivity index (χ3v) is 7.80. The molecule has 25 heavy (non-hydrogen) atoms. The highest BCUT2D eigenvalue weighted by Gasteiger charge is 2.33. The molecule has 0 radical (unpaired) electrons. The number of carbonyl (C=O) groups excluding carboxylic acids is 1. The van der Waals surface area contributed by atoms with Crippen molar-refractivity contribution in [1.82, 2.24) is 9.62 Å². The molecule has 1 aliphatic rings. The van der Waals surface area contributed by atoms with E-state index in [2.05, 4.69) is 5.32 Å². The molecule has 1 aromatic carbocycles. The summed E-state index contributed by atoms with van der Waals surface area (Å²) in [6.07, 6.45) is 1.42. The van der Waals surface area contributed by atoms with Gasteiger partial charge in [-0.3, -0.25) is 4.79 Å². The van der Waals surface area contributed by atoms with Gasteiger partial charge in [0, 0.05) is 19.6 Å². The number of sulfonamides is 1. The molecular formula is C18H22N2O3S2. The van der Waals surface area contributed by atoms with Crippen molar-refractivity contribution < 1.29 is 13.2 Å². The molecule has 1 aromatic heterocycles. The number of thiophene rings is 1. The minimum atomic E-state index is -3.49. The van der Waals surface area contributed by atoms with Crippen LogP contribution in [0, 0.1) is 12.8 Å². The lowest BCUT2D eigenvalue weighted by molar-refractivity contribution is -0.126. The average molecular weight is 379 g/mol. The molecule has 1 atom stereocenters. The van der Waals surface area contributed by atoms with Crippen LogP contribution in [-0.2, 0) is 21.4 Å². The van der Waals surface area contributed by atoms with Gasteiger partial charge in [-0.1, -0.05) is 30.3 Å². The molecule has 1 fully saturated rings. The molecule has 0 spiro atoms. The maximum Gasteiger partial charge on any atom is 0.252 e. The molecule has 1 N–H and O–H groups in total. The van der Waals surface area contributed by atoms with Crippen LogP contribution in [0.4, 0.5) is 0 Å². The van der Waals surface area contributed by atoms with Crippen molar-refractivity contribution in [3.05, 3.63) is 52.9 Å². The molecular weight excluding hydrogens is 356 g/mol. The van der Waals surface area contributed by atoms with Gasteiger partial charge in [0.2, 0.25) is 5.91 Å². The Morgan fingerprint density at radius 1 is 1.28 bits per heavy atom. The van der Waals surface area contributed by atoms with E-state index < -0.39 is 10.0 Å². The van der Waals surface area contributed by atoms with Crippen molar-refractivity contribution >= 4 is 27.3 Å². The van der Waals surface area contributed by atoms with E-state index in [4.69, 9.17) is 0 Å². The lowest BCUT2D eigenvalue weighted by Crippen LogP contribution is -2.45. The Bertz CT molecular complexity index is 832. The standard InChI is InChI=1S/C18H22N2O3S2/c1-14-6-2-3-7-15(14)12-19-18(21)16-8-4-10-20(13-16)25(22,23)17-9-5-11-24-17/h2-3,5-7,9,11,16H,4,8,10,12-13H2,1H3,(H,19,21)/t16-/m1/s1. The highest BCUT2D eigenvalue weighted by molar-refractivity contribution is 7.91. The van der Waals surface area contributed by atoms with E-state index in [1.54, 1.807) is 17.5 Å². The van der Waals surface area contributed by atoms with Crippen molar-refractivity contribution in [3.8, 4) is 0 Å². The predicted octanol–water partition coefficient (Wildman–Crippen LogP) is 2.77. The quantitative estimate of drug-likeness (QED) is 0.870. The monoisotopic (exact) mass is 378 g/mol. The largest absolute Gasteiger partial charge is 0.352 e. The van der Waals surface area contributed by atoms with E-state index in [0.717, 1.165) is 17.5 Å². The summed E-state index contributed by atoms with van der Waals surface area (Å²) in [7, 11) is -3.49. The Hall–Kier alpha value is -1.70. The van der Waals surface area contributed by atoms with Crippen molar-refractivity contribution in [3.63, 3.8) is 0 Å². The summed E-state index contributed by atoms with van der Waals surface area (Å²) in [5.41, 5.74) is 2.21. The number of carbonyl (C=O) groups is 1. The summed E-state index contributed by atoms with van der Waals surface area (Å²) in [6.45, 7) is 3.21. The van der Waals surface area contributed by atoms with Gasteiger partial charge in [-0.25, -0.2) is 8.42 Å². The van der Waals surface area contributed by atoms with Gasteiger partial charge in [0.05, 0.1) is 5.92 Å². The number of nitrogens with zero attached hydrogens (tertiary/aromatic N) is 1. The Labute approximate surface area is 152 Å². The zero-order chi connectivity index (χ0) is 17.9. The normalized spacial score (nSPS) is 18.8. The van der Waals surface area contributed by atoms with Crippen LogP contribution in [0.1, 0.15) is 24.0 Å². The van der Waals surface area contributed by atoms with Gasteiger partial charge < -0.3 is 5.32 Å². The highest BCUT2D eigenvalue weighted by Crippen LogP contribution is 2.26. The van der Waals surface area contributed by atoms with Crippen molar-refractivity contribution in [2.75, 3.05) is 13.1 Å². The summed E-state index contributed by atoms with van der Waals surface area (Å²) >= 11 is 1.21. The lowest BCUT2D eigenvalue weighted by atomic mass is 9.98. The van der Waals surface area contributed by atoms with E-state index >= 15 is 0 Å². The number of hydrogen-bond donors (Lipinski definition) is 1. The number of amides is 1. The number of piperidine rings is 1. The molecule has 1 saturated heterocycles. The van der Waals surface area contributed by atoms with Crippen molar-refractivity contribution in [2.24, 2.45) is 5.92 Å². The first-order valence-electron chi connectivity index (χ1n) is 8.34. The molecule has 0 unspecified atom stereocenters. The zero-order valence-corrected chi connectivity index (χ0v) is 15.8. The molecule has 5 nitrogen and oxygen atoms in total. The maximum atomic E-state index is 12.6. The fourth-order valence-electron chi connectivity index (χ4n) is 3.05. The van der Waals surface area contributed by atoms with E-state index in [1.807, 2.05) is 31.2 Å². The fourth-order valence-corrected chi connectivity index (χ4v) is 5.72. The third kappa shape index (κ3) is 4.11. The van der Waals surface area contributed by atoms with Crippen molar-refractivity contribution in [2.45, 2.75) is 30.5 Å². The van der Waals surface area contributed by atoms with Crippen molar-refractivity contribution in [1.29, 1.82) is 0 Å². The Balaban J connectivity index is 1.63. The van der Waals surface area contributed by atoms with Gasteiger partial charge in [-0.2, -0.15) is 4.31 Å². The molecule has 134 valence electrons.